The summed E-state index contributed by atoms with van der Waals surface area (Å²) >= 11 is 8.98. The topological polar surface area (TPSA) is 9.23 Å². The average Bonchev–Trinajstić information content (AvgIpc) is 2.33. The molecule has 0 aliphatic rings. The largest absolute Gasteiger partial charge is 0.488 e. The first kappa shape index (κ1) is 11.5. The standard InChI is InChI=1S/C13H10BrClO/c14-13-11-5-2-1-4-10(11)6-7-12(13)16-9-3-8-15/h1-8H,9H2. The highest BCUT2D eigenvalue weighted by molar-refractivity contribution is 9.10. The zero-order valence-electron chi connectivity index (χ0n) is 8.49. The van der Waals surface area contributed by atoms with Crippen molar-refractivity contribution in [1.82, 2.24) is 0 Å². The van der Waals surface area contributed by atoms with Gasteiger partial charge < -0.3 is 4.74 Å². The summed E-state index contributed by atoms with van der Waals surface area (Å²) in [5, 5.41) is 2.34. The Kier molecular flexibility index (Phi) is 3.86. The van der Waals surface area contributed by atoms with Crippen molar-refractivity contribution >= 4 is 38.3 Å². The maximum atomic E-state index is 5.57. The van der Waals surface area contributed by atoms with Crippen LogP contribution in [0.3, 0.4) is 0 Å². The van der Waals surface area contributed by atoms with E-state index < -0.39 is 0 Å². The summed E-state index contributed by atoms with van der Waals surface area (Å²) in [6, 6.07) is 12.2. The molecule has 2 rings (SSSR count). The fourth-order valence-corrected chi connectivity index (χ4v) is 2.18. The van der Waals surface area contributed by atoms with Crippen LogP contribution in [0.1, 0.15) is 0 Å². The van der Waals surface area contributed by atoms with Crippen LogP contribution in [0.2, 0.25) is 0 Å². The molecule has 0 aromatic heterocycles. The van der Waals surface area contributed by atoms with Crippen LogP contribution >= 0.6 is 27.5 Å². The molecule has 0 unspecified atom stereocenters. The third-order valence-corrected chi connectivity index (χ3v) is 3.25. The second kappa shape index (κ2) is 5.37. The molecule has 82 valence electrons. The van der Waals surface area contributed by atoms with Gasteiger partial charge in [0.2, 0.25) is 0 Å². The van der Waals surface area contributed by atoms with E-state index in [1.54, 1.807) is 6.08 Å². The van der Waals surface area contributed by atoms with Crippen molar-refractivity contribution < 1.29 is 4.74 Å². The van der Waals surface area contributed by atoms with Crippen LogP contribution in [0, 0.1) is 0 Å². The maximum Gasteiger partial charge on any atom is 0.134 e. The number of fused-ring (bicyclic) bond motifs is 1. The fraction of sp³-hybridized carbons (Fsp3) is 0.0769. The zero-order chi connectivity index (χ0) is 11.4. The van der Waals surface area contributed by atoms with Gasteiger partial charge in [-0.15, -0.1) is 0 Å². The zero-order valence-corrected chi connectivity index (χ0v) is 10.8. The van der Waals surface area contributed by atoms with Gasteiger partial charge in [0, 0.05) is 5.54 Å². The molecule has 0 atom stereocenters. The lowest BCUT2D eigenvalue weighted by molar-refractivity contribution is 0.361. The molecule has 0 spiro atoms. The van der Waals surface area contributed by atoms with Crippen LogP contribution in [0.25, 0.3) is 10.8 Å². The van der Waals surface area contributed by atoms with Crippen molar-refractivity contribution in [3.05, 3.63) is 52.5 Å². The monoisotopic (exact) mass is 296 g/mol. The summed E-state index contributed by atoms with van der Waals surface area (Å²) in [5.74, 6) is 0.827. The van der Waals surface area contributed by atoms with Crippen molar-refractivity contribution in [2.24, 2.45) is 0 Å². The number of ether oxygens (including phenoxy) is 1. The molecule has 0 bridgehead atoms. The molecule has 0 radical (unpaired) electrons. The van der Waals surface area contributed by atoms with Gasteiger partial charge in [-0.1, -0.05) is 41.9 Å². The Morgan fingerprint density at radius 1 is 1.19 bits per heavy atom. The van der Waals surface area contributed by atoms with Gasteiger partial charge in [-0.25, -0.2) is 0 Å². The van der Waals surface area contributed by atoms with E-state index in [-0.39, 0.29) is 0 Å². The van der Waals surface area contributed by atoms with Gasteiger partial charge in [-0.2, -0.15) is 0 Å². The lowest BCUT2D eigenvalue weighted by atomic mass is 10.1. The Balaban J connectivity index is 2.36. The Morgan fingerprint density at radius 3 is 2.81 bits per heavy atom. The average molecular weight is 298 g/mol. The van der Waals surface area contributed by atoms with Crippen LogP contribution in [-0.2, 0) is 0 Å². The van der Waals surface area contributed by atoms with Crippen molar-refractivity contribution in [3.8, 4) is 5.75 Å². The number of halogens is 2. The predicted molar refractivity (Wildman–Crippen MR) is 72.1 cm³/mol. The Labute approximate surface area is 108 Å². The predicted octanol–water partition coefficient (Wildman–Crippen LogP) is 4.73. The Morgan fingerprint density at radius 2 is 2.00 bits per heavy atom. The van der Waals surface area contributed by atoms with Gasteiger partial charge in [0.25, 0.3) is 0 Å². The number of hydrogen-bond acceptors (Lipinski definition) is 1. The third kappa shape index (κ3) is 2.39. The summed E-state index contributed by atoms with van der Waals surface area (Å²) in [6.45, 7) is 0.473. The molecule has 0 fully saturated rings. The molecule has 0 heterocycles. The number of rotatable bonds is 3. The molecule has 0 N–H and O–H groups in total. The van der Waals surface area contributed by atoms with Gasteiger partial charge in [-0.05, 0) is 38.8 Å². The van der Waals surface area contributed by atoms with Crippen molar-refractivity contribution in [3.63, 3.8) is 0 Å². The van der Waals surface area contributed by atoms with E-state index in [1.165, 1.54) is 10.9 Å². The van der Waals surface area contributed by atoms with Gasteiger partial charge in [0.15, 0.2) is 0 Å². The lowest BCUT2D eigenvalue weighted by Crippen LogP contribution is -1.94. The summed E-state index contributed by atoms with van der Waals surface area (Å²) in [6.07, 6.45) is 1.75. The third-order valence-electron chi connectivity index (χ3n) is 2.25. The van der Waals surface area contributed by atoms with Crippen LogP contribution in [0.4, 0.5) is 0 Å². The Hall–Kier alpha value is -0.990. The van der Waals surface area contributed by atoms with E-state index in [4.69, 9.17) is 16.3 Å². The number of hydrogen-bond donors (Lipinski definition) is 0. The minimum Gasteiger partial charge on any atom is -0.488 e. The molecule has 0 aliphatic heterocycles. The van der Waals surface area contributed by atoms with E-state index >= 15 is 0 Å². The van der Waals surface area contributed by atoms with Crippen LogP contribution in [0.5, 0.6) is 5.75 Å². The van der Waals surface area contributed by atoms with Gasteiger partial charge in [-0.3, -0.25) is 0 Å². The molecule has 16 heavy (non-hydrogen) atoms. The summed E-state index contributed by atoms with van der Waals surface area (Å²) in [5.41, 5.74) is 1.45. The van der Waals surface area contributed by atoms with Crippen molar-refractivity contribution in [2.75, 3.05) is 6.61 Å². The minimum atomic E-state index is 0.473. The quantitative estimate of drug-likeness (QED) is 0.795. The van der Waals surface area contributed by atoms with Crippen molar-refractivity contribution in [1.29, 1.82) is 0 Å². The molecular weight excluding hydrogens is 287 g/mol. The molecule has 1 nitrogen and oxygen atoms in total. The second-order valence-electron chi connectivity index (χ2n) is 3.27. The van der Waals surface area contributed by atoms with Gasteiger partial charge in [0.1, 0.15) is 12.4 Å². The molecule has 0 saturated carbocycles. The minimum absolute atomic E-state index is 0.473. The molecule has 0 aliphatic carbocycles. The first-order valence-electron chi connectivity index (χ1n) is 4.88. The number of benzene rings is 2. The highest BCUT2D eigenvalue weighted by atomic mass is 79.9. The SMILES string of the molecule is ClC=CCOc1ccc2ccccc2c1Br. The summed E-state index contributed by atoms with van der Waals surface area (Å²) in [7, 11) is 0. The first-order chi connectivity index (χ1) is 7.83. The van der Waals surface area contributed by atoms with Crippen LogP contribution in [0.15, 0.2) is 52.5 Å². The van der Waals surface area contributed by atoms with E-state index in [9.17, 15) is 0 Å². The fourth-order valence-electron chi connectivity index (χ4n) is 1.50. The normalized spacial score (nSPS) is 11.1. The molecule has 2 aromatic rings. The summed E-state index contributed by atoms with van der Waals surface area (Å²) < 4.78 is 6.55. The molecule has 2 aromatic carbocycles. The van der Waals surface area contributed by atoms with E-state index in [1.807, 2.05) is 24.3 Å². The van der Waals surface area contributed by atoms with Crippen LogP contribution in [-0.4, -0.2) is 6.61 Å². The van der Waals surface area contributed by atoms with Crippen LogP contribution < -0.4 is 4.74 Å². The maximum absolute atomic E-state index is 5.57. The first-order valence-corrected chi connectivity index (χ1v) is 6.11. The van der Waals surface area contributed by atoms with Crippen molar-refractivity contribution in [2.45, 2.75) is 0 Å². The van der Waals surface area contributed by atoms with Gasteiger partial charge in [0.05, 0.1) is 4.47 Å². The second-order valence-corrected chi connectivity index (χ2v) is 4.32. The smallest absolute Gasteiger partial charge is 0.134 e. The summed E-state index contributed by atoms with van der Waals surface area (Å²) in [4.78, 5) is 0. The molecule has 0 amide bonds. The lowest BCUT2D eigenvalue weighted by Gasteiger charge is -2.08. The van der Waals surface area contributed by atoms with E-state index in [2.05, 4.69) is 28.1 Å². The van der Waals surface area contributed by atoms with E-state index in [0.717, 1.165) is 15.6 Å². The van der Waals surface area contributed by atoms with Gasteiger partial charge >= 0.3 is 0 Å². The highest BCUT2D eigenvalue weighted by Crippen LogP contribution is 2.32. The highest BCUT2D eigenvalue weighted by Gasteiger charge is 2.04. The molecule has 0 saturated heterocycles. The Bertz CT molecular complexity index is 522. The molecular formula is C13H10BrClO. The van der Waals surface area contributed by atoms with E-state index in [0.29, 0.717) is 6.61 Å². The molecule has 3 heteroatoms.